The molecule has 1 amide bonds. The Balaban J connectivity index is 1.42. The van der Waals surface area contributed by atoms with Crippen LogP contribution in [0.5, 0.6) is 0 Å². The molecule has 5 heteroatoms. The summed E-state index contributed by atoms with van der Waals surface area (Å²) in [6.45, 7) is 0. The highest BCUT2D eigenvalue weighted by Crippen LogP contribution is 2.43. The molecule has 1 fully saturated rings. The molecular formula is C25H22N2O3. The first-order valence-electron chi connectivity index (χ1n) is 10.3. The summed E-state index contributed by atoms with van der Waals surface area (Å²) in [5.41, 5.74) is 6.12. The van der Waals surface area contributed by atoms with E-state index in [1.54, 1.807) is 12.1 Å². The number of fused-ring (bicyclic) bond motifs is 3. The summed E-state index contributed by atoms with van der Waals surface area (Å²) >= 11 is 0. The average Bonchev–Trinajstić information content (AvgIpc) is 3.39. The molecule has 1 saturated carbocycles. The van der Waals surface area contributed by atoms with Crippen LogP contribution in [0, 0.1) is 10.1 Å². The van der Waals surface area contributed by atoms with E-state index in [2.05, 4.69) is 41.7 Å². The number of benzene rings is 3. The van der Waals surface area contributed by atoms with E-state index >= 15 is 0 Å². The van der Waals surface area contributed by atoms with Crippen LogP contribution in [-0.2, 0) is 16.6 Å². The van der Waals surface area contributed by atoms with Crippen molar-refractivity contribution in [1.82, 2.24) is 0 Å². The van der Waals surface area contributed by atoms with Gasteiger partial charge in [-0.3, -0.25) is 14.9 Å². The molecule has 2 aliphatic carbocycles. The molecule has 30 heavy (non-hydrogen) atoms. The highest BCUT2D eigenvalue weighted by molar-refractivity contribution is 6.00. The van der Waals surface area contributed by atoms with E-state index in [9.17, 15) is 14.9 Å². The normalized spacial score (nSPS) is 16.0. The minimum Gasteiger partial charge on any atom is -0.325 e. The predicted octanol–water partition coefficient (Wildman–Crippen LogP) is 5.62. The Bertz CT molecular complexity index is 1150. The highest BCUT2D eigenvalue weighted by Gasteiger charge is 2.43. The van der Waals surface area contributed by atoms with Crippen molar-refractivity contribution in [3.05, 3.63) is 93.5 Å². The fourth-order valence-corrected chi connectivity index (χ4v) is 5.00. The lowest BCUT2D eigenvalue weighted by Gasteiger charge is -2.28. The number of rotatable bonds is 4. The van der Waals surface area contributed by atoms with Gasteiger partial charge in [0.05, 0.1) is 10.3 Å². The molecule has 5 nitrogen and oxygen atoms in total. The third-order valence-corrected chi connectivity index (χ3v) is 6.57. The summed E-state index contributed by atoms with van der Waals surface area (Å²) in [6.07, 6.45) is 4.34. The fraction of sp³-hybridized carbons (Fsp3) is 0.240. The lowest BCUT2D eigenvalue weighted by Crippen LogP contribution is -2.38. The van der Waals surface area contributed by atoms with Gasteiger partial charge in [0.15, 0.2) is 0 Å². The van der Waals surface area contributed by atoms with Gasteiger partial charge < -0.3 is 5.32 Å². The van der Waals surface area contributed by atoms with E-state index < -0.39 is 10.3 Å². The SMILES string of the molecule is O=C(Nc1ccc2c(c1)Cc1ccccc1-2)C1(c2ccc([N+](=O)[O-])cc2)CCCC1. The minimum atomic E-state index is -0.628. The minimum absolute atomic E-state index is 0.0238. The zero-order valence-corrected chi connectivity index (χ0v) is 16.6. The Morgan fingerprint density at radius 2 is 1.60 bits per heavy atom. The van der Waals surface area contributed by atoms with Gasteiger partial charge in [-0.25, -0.2) is 0 Å². The molecule has 3 aromatic carbocycles. The topological polar surface area (TPSA) is 72.2 Å². The van der Waals surface area contributed by atoms with Gasteiger partial charge >= 0.3 is 0 Å². The molecule has 2 aliphatic rings. The number of anilines is 1. The van der Waals surface area contributed by atoms with Crippen molar-refractivity contribution in [3.63, 3.8) is 0 Å². The Hall–Kier alpha value is -3.47. The summed E-state index contributed by atoms with van der Waals surface area (Å²) < 4.78 is 0. The third-order valence-electron chi connectivity index (χ3n) is 6.57. The number of hydrogen-bond donors (Lipinski definition) is 1. The number of nitro groups is 1. The second-order valence-electron chi connectivity index (χ2n) is 8.25. The summed E-state index contributed by atoms with van der Waals surface area (Å²) in [5.74, 6) is -0.0238. The van der Waals surface area contributed by atoms with Crippen molar-refractivity contribution < 1.29 is 9.72 Å². The maximum absolute atomic E-state index is 13.4. The largest absolute Gasteiger partial charge is 0.325 e. The van der Waals surface area contributed by atoms with Crippen LogP contribution in [0.2, 0.25) is 0 Å². The van der Waals surface area contributed by atoms with Crippen LogP contribution in [0.1, 0.15) is 42.4 Å². The van der Waals surface area contributed by atoms with Crippen molar-refractivity contribution in [1.29, 1.82) is 0 Å². The number of carbonyl (C=O) groups is 1. The molecule has 0 unspecified atom stereocenters. The van der Waals surface area contributed by atoms with E-state index in [0.29, 0.717) is 0 Å². The van der Waals surface area contributed by atoms with Gasteiger partial charge in [0.1, 0.15) is 0 Å². The van der Waals surface area contributed by atoms with Crippen molar-refractivity contribution in [2.75, 3.05) is 5.32 Å². The lowest BCUT2D eigenvalue weighted by atomic mass is 9.78. The summed E-state index contributed by atoms with van der Waals surface area (Å²) in [6, 6.07) is 21.0. The lowest BCUT2D eigenvalue weighted by molar-refractivity contribution is -0.384. The highest BCUT2D eigenvalue weighted by atomic mass is 16.6. The first-order valence-corrected chi connectivity index (χ1v) is 10.3. The standard InChI is InChI=1S/C25H22N2O3/c28-24(25(13-3-4-14-25)19-7-10-21(11-8-19)27(29)30)26-20-9-12-23-18(16-20)15-17-5-1-2-6-22(17)23/h1-2,5-12,16H,3-4,13-15H2,(H,26,28). The van der Waals surface area contributed by atoms with Crippen LogP contribution >= 0.6 is 0 Å². The Morgan fingerprint density at radius 3 is 2.33 bits per heavy atom. The number of non-ortho nitro benzene ring substituents is 1. The number of nitro benzene ring substituents is 1. The molecule has 0 spiro atoms. The summed E-state index contributed by atoms with van der Waals surface area (Å²) in [7, 11) is 0. The van der Waals surface area contributed by atoms with Crippen LogP contribution < -0.4 is 5.32 Å². The molecule has 5 rings (SSSR count). The first kappa shape index (κ1) is 18.6. The van der Waals surface area contributed by atoms with Crippen molar-refractivity contribution >= 4 is 17.3 Å². The maximum atomic E-state index is 13.4. The smallest absolute Gasteiger partial charge is 0.269 e. The molecule has 0 radical (unpaired) electrons. The van der Waals surface area contributed by atoms with Gasteiger partial charge in [0.2, 0.25) is 5.91 Å². The zero-order valence-electron chi connectivity index (χ0n) is 16.6. The molecule has 0 aromatic heterocycles. The molecule has 0 atom stereocenters. The molecule has 0 bridgehead atoms. The van der Waals surface area contributed by atoms with Gasteiger partial charge in [-0.1, -0.05) is 55.3 Å². The van der Waals surface area contributed by atoms with Crippen LogP contribution in [0.3, 0.4) is 0 Å². The Labute approximate surface area is 174 Å². The van der Waals surface area contributed by atoms with E-state index in [4.69, 9.17) is 0 Å². The molecular weight excluding hydrogens is 376 g/mol. The Kier molecular flexibility index (Phi) is 4.39. The van der Waals surface area contributed by atoms with Gasteiger partial charge in [-0.2, -0.15) is 0 Å². The van der Waals surface area contributed by atoms with Gasteiger partial charge in [0.25, 0.3) is 5.69 Å². The molecule has 0 saturated heterocycles. The molecule has 3 aromatic rings. The quantitative estimate of drug-likeness (QED) is 0.358. The predicted molar refractivity (Wildman–Crippen MR) is 117 cm³/mol. The van der Waals surface area contributed by atoms with Gasteiger partial charge in [0, 0.05) is 17.8 Å². The number of nitrogens with one attached hydrogen (secondary N) is 1. The van der Waals surface area contributed by atoms with Crippen LogP contribution in [0.25, 0.3) is 11.1 Å². The van der Waals surface area contributed by atoms with Gasteiger partial charge in [-0.05, 0) is 59.2 Å². The summed E-state index contributed by atoms with van der Waals surface area (Å²) in [4.78, 5) is 24.0. The maximum Gasteiger partial charge on any atom is 0.269 e. The fourth-order valence-electron chi connectivity index (χ4n) is 5.00. The molecule has 150 valence electrons. The van der Waals surface area contributed by atoms with Gasteiger partial charge in [-0.15, -0.1) is 0 Å². The second kappa shape index (κ2) is 7.10. The molecule has 0 heterocycles. The Morgan fingerprint density at radius 1 is 0.900 bits per heavy atom. The number of nitrogens with zero attached hydrogens (tertiary/aromatic N) is 1. The first-order chi connectivity index (χ1) is 14.6. The van der Waals surface area contributed by atoms with Crippen molar-refractivity contribution in [3.8, 4) is 11.1 Å². The van der Waals surface area contributed by atoms with E-state index in [-0.39, 0.29) is 11.6 Å². The van der Waals surface area contributed by atoms with Crippen LogP contribution in [0.4, 0.5) is 11.4 Å². The van der Waals surface area contributed by atoms with Crippen molar-refractivity contribution in [2.24, 2.45) is 0 Å². The molecule has 1 N–H and O–H groups in total. The second-order valence-corrected chi connectivity index (χ2v) is 8.25. The third kappa shape index (κ3) is 2.98. The number of carbonyl (C=O) groups excluding carboxylic acids is 1. The van der Waals surface area contributed by atoms with Crippen LogP contribution in [-0.4, -0.2) is 10.8 Å². The van der Waals surface area contributed by atoms with E-state index in [1.165, 1.54) is 34.4 Å². The number of hydrogen-bond acceptors (Lipinski definition) is 3. The van der Waals surface area contributed by atoms with E-state index in [0.717, 1.165) is 43.4 Å². The molecule has 0 aliphatic heterocycles. The zero-order chi connectivity index (χ0) is 20.7. The van der Waals surface area contributed by atoms with E-state index in [1.807, 2.05) is 6.07 Å². The average molecular weight is 398 g/mol. The van der Waals surface area contributed by atoms with Crippen molar-refractivity contribution in [2.45, 2.75) is 37.5 Å². The summed E-state index contributed by atoms with van der Waals surface area (Å²) in [5, 5.41) is 14.1. The van der Waals surface area contributed by atoms with Crippen LogP contribution in [0.15, 0.2) is 66.7 Å². The monoisotopic (exact) mass is 398 g/mol. The number of amides is 1.